The number of aliphatic hydroxyl groups excluding tert-OH is 2. The zero-order chi connectivity index (χ0) is 43.1. The first-order valence-corrected chi connectivity index (χ1v) is 20.7. The Labute approximate surface area is 355 Å². The van der Waals surface area contributed by atoms with E-state index in [9.17, 15) is 19.8 Å². The highest BCUT2D eigenvalue weighted by molar-refractivity contribution is 6.03. The molecule has 61 heavy (non-hydrogen) atoms. The lowest BCUT2D eigenvalue weighted by atomic mass is 9.55. The molecule has 0 bridgehead atoms. The third-order valence-corrected chi connectivity index (χ3v) is 12.1. The molecule has 1 fully saturated rings. The molecular formula is C46H55N3O12. The number of aliphatic hydroxyl groups is 2. The third kappa shape index (κ3) is 8.72. The number of nitrogens with one attached hydrogen (secondary N) is 1. The fourth-order valence-corrected chi connectivity index (χ4v) is 9.42. The summed E-state index contributed by atoms with van der Waals surface area (Å²) in [6.45, 7) is 4.28. The predicted octanol–water partition coefficient (Wildman–Crippen LogP) is 7.08. The van der Waals surface area contributed by atoms with E-state index in [0.717, 1.165) is 36.8 Å². The number of hydrogen-bond acceptors (Lipinski definition) is 13. The second-order valence-electron chi connectivity index (χ2n) is 15.5. The van der Waals surface area contributed by atoms with Crippen LogP contribution in [0.25, 0.3) is 0 Å². The van der Waals surface area contributed by atoms with E-state index in [1.54, 1.807) is 73.7 Å². The predicted molar refractivity (Wildman–Crippen MR) is 226 cm³/mol. The quantitative estimate of drug-likeness (QED) is 0.0676. The standard InChI is InChI=1S/C46H55N3O12/c1-6-21-59-46-41(49(2)44(52)29-13-17-38-40(23-29)58-27-57-38)26-36(48-56-5)33-22-28(11-7-9-19-50)32(12-8-10-20-51)42(43(33)46)34-24-31(15-18-37(34)61-46)60-45(53)47-35-16-14-30(54-3)25-39(35)55-4/h6,13-18,22-25,28,32,41-43,50-51H,1,7-12,19-21,26-27H2,2-5H3,(H,47,53)/t28-,32+,41-,42+,43+,46+/m0/s1. The minimum Gasteiger partial charge on any atom is -0.497 e. The van der Waals surface area contributed by atoms with E-state index in [0.29, 0.717) is 58.6 Å². The zero-order valence-electron chi connectivity index (χ0n) is 35.1. The monoisotopic (exact) mass is 841 g/mol. The SMILES string of the molecule is C=CCO[C@@]12Oc3ccc(OC(=O)Nc4ccc(OC)cc4OC)cc3[C@H]3[C@H](CCCCO)[C@@H](CCCCO)C=C(C(=NOC)C[C@@H]1N(C)C(=O)c1ccc4c(c1)OCO4)[C@H]32. The van der Waals surface area contributed by atoms with Crippen LogP contribution in [0.2, 0.25) is 0 Å². The van der Waals surface area contributed by atoms with Gasteiger partial charge in [0.15, 0.2) is 11.5 Å². The number of allylic oxidation sites excluding steroid dienone is 1. The van der Waals surface area contributed by atoms with Crippen LogP contribution in [0, 0.1) is 17.8 Å². The largest absolute Gasteiger partial charge is 0.497 e. The van der Waals surface area contributed by atoms with E-state index in [4.69, 9.17) is 38.0 Å². The number of nitrogens with zero attached hydrogens (tertiary/aromatic N) is 2. The van der Waals surface area contributed by atoms with Crippen LogP contribution in [0.4, 0.5) is 10.5 Å². The summed E-state index contributed by atoms with van der Waals surface area (Å²) in [6, 6.07) is 14.7. The van der Waals surface area contributed by atoms with Gasteiger partial charge in [0, 0.05) is 49.8 Å². The number of likely N-dealkylation sites (N-methyl/N-ethyl adjacent to an activating group) is 1. The zero-order valence-corrected chi connectivity index (χ0v) is 35.1. The molecule has 3 N–H and O–H groups in total. The van der Waals surface area contributed by atoms with Gasteiger partial charge in [-0.2, -0.15) is 0 Å². The molecule has 0 radical (unpaired) electrons. The Morgan fingerprint density at radius 1 is 0.934 bits per heavy atom. The van der Waals surface area contributed by atoms with Crippen molar-refractivity contribution in [2.24, 2.45) is 22.9 Å². The summed E-state index contributed by atoms with van der Waals surface area (Å²) in [7, 11) is 6.27. The molecule has 3 aromatic carbocycles. The van der Waals surface area contributed by atoms with Gasteiger partial charge in [0.1, 0.15) is 36.1 Å². The number of hydrogen-bond donors (Lipinski definition) is 3. The molecule has 1 saturated carbocycles. The molecular weight excluding hydrogens is 787 g/mol. The molecule has 326 valence electrons. The molecule has 2 heterocycles. The van der Waals surface area contributed by atoms with Crippen LogP contribution in [0.15, 0.2) is 84.1 Å². The first kappa shape index (κ1) is 43.3. The lowest BCUT2D eigenvalue weighted by molar-refractivity contribution is -0.252. The maximum Gasteiger partial charge on any atom is 0.417 e. The Balaban J connectivity index is 1.35. The summed E-state index contributed by atoms with van der Waals surface area (Å²) in [5, 5.41) is 27.1. The number of anilines is 1. The number of rotatable bonds is 18. The van der Waals surface area contributed by atoms with Gasteiger partial charge in [0.2, 0.25) is 12.6 Å². The number of carbonyl (C=O) groups excluding carboxylic acids is 2. The highest BCUT2D eigenvalue weighted by Gasteiger charge is 2.65. The van der Waals surface area contributed by atoms with Crippen LogP contribution in [0.1, 0.15) is 66.8 Å². The van der Waals surface area contributed by atoms with Crippen molar-refractivity contribution < 1.29 is 57.8 Å². The molecule has 6 atom stereocenters. The lowest BCUT2D eigenvalue weighted by Crippen LogP contribution is -2.69. The average Bonchev–Trinajstić information content (AvgIpc) is 3.75. The van der Waals surface area contributed by atoms with Crippen LogP contribution in [0.5, 0.6) is 34.5 Å². The first-order valence-electron chi connectivity index (χ1n) is 20.7. The average molecular weight is 842 g/mol. The summed E-state index contributed by atoms with van der Waals surface area (Å²) in [6.07, 6.45) is 7.72. The van der Waals surface area contributed by atoms with Gasteiger partial charge in [0.05, 0.1) is 38.1 Å². The van der Waals surface area contributed by atoms with Gasteiger partial charge in [-0.25, -0.2) is 4.79 Å². The molecule has 3 aromatic rings. The van der Waals surface area contributed by atoms with Gasteiger partial charge in [-0.3, -0.25) is 10.1 Å². The number of ether oxygens (including phenoxy) is 7. The van der Waals surface area contributed by atoms with Crippen LogP contribution < -0.4 is 33.7 Å². The highest BCUT2D eigenvalue weighted by Crippen LogP contribution is 2.62. The van der Waals surface area contributed by atoms with Gasteiger partial charge < -0.3 is 53.1 Å². The minimum atomic E-state index is -1.46. The highest BCUT2D eigenvalue weighted by atomic mass is 16.7. The molecule has 2 amide bonds. The van der Waals surface area contributed by atoms with E-state index < -0.39 is 23.8 Å². The summed E-state index contributed by atoms with van der Waals surface area (Å²) in [4.78, 5) is 35.2. The van der Waals surface area contributed by atoms with Crippen LogP contribution in [-0.2, 0) is 9.57 Å². The molecule has 15 nitrogen and oxygen atoms in total. The number of amides is 2. The van der Waals surface area contributed by atoms with Crippen molar-refractivity contribution in [3.8, 4) is 34.5 Å². The fraction of sp³-hybridized carbons (Fsp3) is 0.457. The number of unbranched alkanes of at least 4 members (excludes halogenated alkanes) is 2. The van der Waals surface area contributed by atoms with E-state index in [1.807, 2.05) is 6.07 Å². The van der Waals surface area contributed by atoms with Crippen molar-refractivity contribution in [1.29, 1.82) is 0 Å². The molecule has 7 rings (SSSR count). The summed E-state index contributed by atoms with van der Waals surface area (Å²) >= 11 is 0. The van der Waals surface area contributed by atoms with Crippen molar-refractivity contribution in [2.75, 3.05) is 60.3 Å². The third-order valence-electron chi connectivity index (χ3n) is 12.1. The van der Waals surface area contributed by atoms with Crippen LogP contribution >= 0.6 is 0 Å². The Bertz CT molecular complexity index is 2140. The first-order chi connectivity index (χ1) is 29.7. The normalized spacial score (nSPS) is 23.7. The summed E-state index contributed by atoms with van der Waals surface area (Å²) in [5.41, 5.74) is 3.12. The van der Waals surface area contributed by atoms with Crippen LogP contribution in [-0.4, -0.2) is 99.6 Å². The second-order valence-corrected chi connectivity index (χ2v) is 15.5. The molecule has 0 aromatic heterocycles. The van der Waals surface area contributed by atoms with Crippen LogP contribution in [0.3, 0.4) is 0 Å². The van der Waals surface area contributed by atoms with Crippen molar-refractivity contribution in [3.05, 3.63) is 90.0 Å². The maximum atomic E-state index is 14.6. The molecule has 2 aliphatic carbocycles. The Kier molecular flexibility index (Phi) is 13.7. The Morgan fingerprint density at radius 3 is 2.43 bits per heavy atom. The van der Waals surface area contributed by atoms with Gasteiger partial charge in [0.25, 0.3) is 5.91 Å². The number of carbonyl (C=O) groups is 2. The Hall–Kier alpha value is -5.77. The van der Waals surface area contributed by atoms with E-state index in [1.165, 1.54) is 14.2 Å². The molecule has 15 heteroatoms. The number of benzene rings is 3. The smallest absolute Gasteiger partial charge is 0.417 e. The number of fused-ring (bicyclic) bond motifs is 3. The van der Waals surface area contributed by atoms with Crippen molar-refractivity contribution in [2.45, 2.75) is 62.7 Å². The van der Waals surface area contributed by atoms with Gasteiger partial charge >= 0.3 is 6.09 Å². The van der Waals surface area contributed by atoms with E-state index in [-0.39, 0.29) is 62.4 Å². The maximum absolute atomic E-state index is 14.6. The lowest BCUT2D eigenvalue weighted by Gasteiger charge is -2.59. The fourth-order valence-electron chi connectivity index (χ4n) is 9.42. The van der Waals surface area contributed by atoms with Crippen molar-refractivity contribution >= 4 is 23.4 Å². The topological polar surface area (TPSA) is 176 Å². The van der Waals surface area contributed by atoms with Gasteiger partial charge in [-0.1, -0.05) is 30.1 Å². The summed E-state index contributed by atoms with van der Waals surface area (Å²) < 4.78 is 42.0. The number of methoxy groups -OCH3 is 2. The van der Waals surface area contributed by atoms with Crippen molar-refractivity contribution in [1.82, 2.24) is 4.90 Å². The van der Waals surface area contributed by atoms with E-state index in [2.05, 4.69) is 23.1 Å². The minimum absolute atomic E-state index is 0.0200. The molecule has 0 spiro atoms. The van der Waals surface area contributed by atoms with Crippen molar-refractivity contribution in [3.63, 3.8) is 0 Å². The van der Waals surface area contributed by atoms with E-state index >= 15 is 0 Å². The molecule has 0 saturated heterocycles. The Morgan fingerprint density at radius 2 is 1.69 bits per heavy atom. The van der Waals surface area contributed by atoms with Gasteiger partial charge in [-0.15, -0.1) is 6.58 Å². The molecule has 2 aliphatic heterocycles. The summed E-state index contributed by atoms with van der Waals surface area (Å²) in [5.74, 6) is 0.177. The van der Waals surface area contributed by atoms with Gasteiger partial charge in [-0.05, 0) is 91.6 Å². The number of oxime groups is 1. The molecule has 0 unspecified atom stereocenters. The molecule has 4 aliphatic rings. The second kappa shape index (κ2) is 19.3.